The number of amides is 1. The van der Waals surface area contributed by atoms with Gasteiger partial charge in [-0.05, 0) is 5.56 Å². The number of carbonyl (C=O) groups excluding carboxylic acids is 1. The summed E-state index contributed by atoms with van der Waals surface area (Å²) in [6.45, 7) is 0.507. The van der Waals surface area contributed by atoms with Crippen LogP contribution >= 0.6 is 0 Å². The van der Waals surface area contributed by atoms with E-state index in [2.05, 4.69) is 5.10 Å². The van der Waals surface area contributed by atoms with Crippen molar-refractivity contribution in [3.63, 3.8) is 0 Å². The molecule has 0 fully saturated rings. The van der Waals surface area contributed by atoms with Crippen LogP contribution in [0, 0.1) is 0 Å². The number of nitrogens with two attached hydrogens (primary N) is 1. The molecule has 0 aliphatic rings. The van der Waals surface area contributed by atoms with Gasteiger partial charge in [0.25, 0.3) is 0 Å². The molecular formula is C14H18N4O. The zero-order valence-corrected chi connectivity index (χ0v) is 11.2. The Hall–Kier alpha value is -2.14. The van der Waals surface area contributed by atoms with Crippen molar-refractivity contribution >= 4 is 5.91 Å². The molecule has 0 saturated heterocycles. The lowest BCUT2D eigenvalue weighted by molar-refractivity contribution is -0.131. The molecule has 1 aromatic carbocycles. The number of benzene rings is 1. The van der Waals surface area contributed by atoms with Crippen LogP contribution in [0.3, 0.4) is 0 Å². The molecule has 1 aromatic heterocycles. The van der Waals surface area contributed by atoms with E-state index in [4.69, 9.17) is 5.73 Å². The number of nitrogens with zero attached hydrogens (tertiary/aromatic N) is 3. The van der Waals surface area contributed by atoms with Crippen LogP contribution in [0.25, 0.3) is 0 Å². The molecule has 1 amide bonds. The first kappa shape index (κ1) is 13.3. The quantitative estimate of drug-likeness (QED) is 0.892. The van der Waals surface area contributed by atoms with E-state index in [1.165, 1.54) is 0 Å². The summed E-state index contributed by atoms with van der Waals surface area (Å²) < 4.78 is 1.71. The fourth-order valence-corrected chi connectivity index (χ4v) is 1.95. The number of carbonyl (C=O) groups is 1. The first-order chi connectivity index (χ1) is 9.08. The van der Waals surface area contributed by atoms with Crippen molar-refractivity contribution in [1.29, 1.82) is 0 Å². The molecule has 0 aliphatic carbocycles. The van der Waals surface area contributed by atoms with E-state index in [1.807, 2.05) is 43.6 Å². The van der Waals surface area contributed by atoms with Crippen LogP contribution < -0.4 is 5.73 Å². The van der Waals surface area contributed by atoms with Gasteiger partial charge >= 0.3 is 0 Å². The monoisotopic (exact) mass is 258 g/mol. The van der Waals surface area contributed by atoms with Crippen LogP contribution in [0.4, 0.5) is 0 Å². The molecule has 2 rings (SSSR count). The molecule has 100 valence electrons. The number of hydrogen-bond donors (Lipinski definition) is 1. The molecule has 0 aliphatic heterocycles. The maximum Gasteiger partial charge on any atom is 0.244 e. The Morgan fingerprint density at radius 2 is 2.11 bits per heavy atom. The Morgan fingerprint density at radius 3 is 2.68 bits per heavy atom. The highest BCUT2D eigenvalue weighted by Crippen LogP contribution is 2.13. The van der Waals surface area contributed by atoms with Crippen LogP contribution in [-0.4, -0.2) is 27.6 Å². The molecule has 5 heteroatoms. The van der Waals surface area contributed by atoms with Gasteiger partial charge in [0, 0.05) is 32.4 Å². The number of aryl methyl sites for hydroxylation is 1. The SMILES string of the molecule is CN(Cc1cnn(C)c1)C(=O)[C@H](N)c1ccccc1. The molecule has 2 N–H and O–H groups in total. The van der Waals surface area contributed by atoms with E-state index in [-0.39, 0.29) is 5.91 Å². The third kappa shape index (κ3) is 3.20. The van der Waals surface area contributed by atoms with E-state index < -0.39 is 6.04 Å². The summed E-state index contributed by atoms with van der Waals surface area (Å²) in [4.78, 5) is 13.8. The number of aromatic nitrogens is 2. The van der Waals surface area contributed by atoms with Crippen molar-refractivity contribution in [1.82, 2.24) is 14.7 Å². The Balaban J connectivity index is 2.03. The molecule has 0 radical (unpaired) electrons. The lowest BCUT2D eigenvalue weighted by Gasteiger charge is -2.21. The predicted molar refractivity (Wildman–Crippen MR) is 73.1 cm³/mol. The summed E-state index contributed by atoms with van der Waals surface area (Å²) in [5, 5.41) is 4.08. The van der Waals surface area contributed by atoms with Gasteiger partial charge in [0.1, 0.15) is 6.04 Å². The Kier molecular flexibility index (Phi) is 3.97. The summed E-state index contributed by atoms with van der Waals surface area (Å²) in [6, 6.07) is 8.76. The zero-order valence-electron chi connectivity index (χ0n) is 11.2. The van der Waals surface area contributed by atoms with Gasteiger partial charge in [0.2, 0.25) is 5.91 Å². The van der Waals surface area contributed by atoms with Crippen molar-refractivity contribution < 1.29 is 4.79 Å². The average molecular weight is 258 g/mol. The third-order valence-corrected chi connectivity index (χ3v) is 2.98. The second kappa shape index (κ2) is 5.67. The lowest BCUT2D eigenvalue weighted by Crippen LogP contribution is -2.35. The molecule has 19 heavy (non-hydrogen) atoms. The molecule has 1 heterocycles. The fraction of sp³-hybridized carbons (Fsp3) is 0.286. The van der Waals surface area contributed by atoms with Gasteiger partial charge in [-0.3, -0.25) is 9.48 Å². The molecule has 1 atom stereocenters. The summed E-state index contributed by atoms with van der Waals surface area (Å²) in [5.41, 5.74) is 7.80. The van der Waals surface area contributed by atoms with Crippen molar-refractivity contribution in [2.45, 2.75) is 12.6 Å². The van der Waals surface area contributed by atoms with Crippen LogP contribution in [0.5, 0.6) is 0 Å². The van der Waals surface area contributed by atoms with E-state index in [0.29, 0.717) is 6.54 Å². The predicted octanol–water partition coefficient (Wildman–Crippen LogP) is 1.08. The molecule has 0 bridgehead atoms. The summed E-state index contributed by atoms with van der Waals surface area (Å²) in [6.07, 6.45) is 3.63. The van der Waals surface area contributed by atoms with Crippen LogP contribution in [0.1, 0.15) is 17.2 Å². The highest BCUT2D eigenvalue weighted by Gasteiger charge is 2.19. The Bertz CT molecular complexity index is 550. The topological polar surface area (TPSA) is 64.2 Å². The summed E-state index contributed by atoms with van der Waals surface area (Å²) in [7, 11) is 3.60. The Morgan fingerprint density at radius 1 is 1.42 bits per heavy atom. The molecule has 0 unspecified atom stereocenters. The minimum atomic E-state index is -0.622. The minimum absolute atomic E-state index is 0.102. The highest BCUT2D eigenvalue weighted by molar-refractivity contribution is 5.82. The molecule has 5 nitrogen and oxygen atoms in total. The average Bonchev–Trinajstić information content (AvgIpc) is 2.83. The van der Waals surface area contributed by atoms with Crippen molar-refractivity contribution in [2.75, 3.05) is 7.05 Å². The maximum absolute atomic E-state index is 12.2. The largest absolute Gasteiger partial charge is 0.340 e. The smallest absolute Gasteiger partial charge is 0.244 e. The number of rotatable bonds is 4. The lowest BCUT2D eigenvalue weighted by atomic mass is 10.1. The van der Waals surface area contributed by atoms with Crippen molar-refractivity contribution in [2.24, 2.45) is 12.8 Å². The van der Waals surface area contributed by atoms with Crippen LogP contribution in [0.15, 0.2) is 42.7 Å². The minimum Gasteiger partial charge on any atom is -0.340 e. The molecule has 0 saturated carbocycles. The van der Waals surface area contributed by atoms with Crippen molar-refractivity contribution in [3.05, 3.63) is 53.9 Å². The first-order valence-corrected chi connectivity index (χ1v) is 6.11. The van der Waals surface area contributed by atoms with Crippen LogP contribution in [-0.2, 0) is 18.4 Å². The van der Waals surface area contributed by atoms with Gasteiger partial charge in [0.05, 0.1) is 6.20 Å². The van der Waals surface area contributed by atoms with Crippen molar-refractivity contribution in [3.8, 4) is 0 Å². The Labute approximate surface area is 112 Å². The van der Waals surface area contributed by atoms with E-state index in [9.17, 15) is 4.79 Å². The number of likely N-dealkylation sites (N-methyl/N-ethyl adjacent to an activating group) is 1. The third-order valence-electron chi connectivity index (χ3n) is 2.98. The van der Waals surface area contributed by atoms with Gasteiger partial charge in [0.15, 0.2) is 0 Å². The van der Waals surface area contributed by atoms with E-state index in [0.717, 1.165) is 11.1 Å². The standard InChI is InChI=1S/C14H18N4O/c1-17(9-11-8-16-18(2)10-11)14(19)13(15)12-6-4-3-5-7-12/h3-8,10,13H,9,15H2,1-2H3/t13-/m1/s1. The fourth-order valence-electron chi connectivity index (χ4n) is 1.95. The molecule has 0 spiro atoms. The highest BCUT2D eigenvalue weighted by atomic mass is 16.2. The van der Waals surface area contributed by atoms with E-state index >= 15 is 0 Å². The normalized spacial score (nSPS) is 12.2. The maximum atomic E-state index is 12.2. The first-order valence-electron chi connectivity index (χ1n) is 6.11. The zero-order chi connectivity index (χ0) is 13.8. The van der Waals surface area contributed by atoms with E-state index in [1.54, 1.807) is 22.8 Å². The summed E-state index contributed by atoms with van der Waals surface area (Å²) in [5.74, 6) is -0.102. The van der Waals surface area contributed by atoms with Gasteiger partial charge in [-0.25, -0.2) is 0 Å². The second-order valence-electron chi connectivity index (χ2n) is 4.60. The van der Waals surface area contributed by atoms with Gasteiger partial charge < -0.3 is 10.6 Å². The molecular weight excluding hydrogens is 240 g/mol. The summed E-state index contributed by atoms with van der Waals surface area (Å²) >= 11 is 0. The second-order valence-corrected chi connectivity index (χ2v) is 4.60. The van der Waals surface area contributed by atoms with Gasteiger partial charge in [-0.2, -0.15) is 5.10 Å². The van der Waals surface area contributed by atoms with Gasteiger partial charge in [-0.1, -0.05) is 30.3 Å². The van der Waals surface area contributed by atoms with Crippen LogP contribution in [0.2, 0.25) is 0 Å². The van der Waals surface area contributed by atoms with Gasteiger partial charge in [-0.15, -0.1) is 0 Å². The molecule has 2 aromatic rings. The number of hydrogen-bond acceptors (Lipinski definition) is 3.